The maximum atomic E-state index is 12.6. The van der Waals surface area contributed by atoms with Crippen LogP contribution in [0.5, 0.6) is 5.75 Å². The molecule has 0 aliphatic rings. The molecule has 0 amide bonds. The molecule has 0 aliphatic carbocycles. The first-order chi connectivity index (χ1) is 5.52. The van der Waals surface area contributed by atoms with Crippen LogP contribution in [0.1, 0.15) is 18.5 Å². The average Bonchev–Trinajstić information content (AvgIpc) is 1.99. The molecule has 0 radical (unpaired) electrons. The molecule has 0 heterocycles. The number of hydrogen-bond acceptors (Lipinski definition) is 2. The van der Waals surface area contributed by atoms with Gasteiger partial charge in [0.15, 0.2) is 17.4 Å². The van der Waals surface area contributed by atoms with Crippen molar-refractivity contribution in [2.75, 3.05) is 0 Å². The predicted octanol–water partition coefficient (Wildman–Crippen LogP) is 1.69. The van der Waals surface area contributed by atoms with E-state index < -0.39 is 23.4 Å². The van der Waals surface area contributed by atoms with Crippen LogP contribution in [-0.4, -0.2) is 5.11 Å². The summed E-state index contributed by atoms with van der Waals surface area (Å²) in [5.74, 6) is -3.02. The Morgan fingerprint density at radius 2 is 2.00 bits per heavy atom. The van der Waals surface area contributed by atoms with E-state index in [0.29, 0.717) is 5.56 Å². The first-order valence-corrected chi connectivity index (χ1v) is 3.46. The van der Waals surface area contributed by atoms with Gasteiger partial charge in [-0.25, -0.2) is 4.39 Å². The van der Waals surface area contributed by atoms with E-state index in [4.69, 9.17) is 10.8 Å². The molecular weight excluding hydrogens is 164 g/mol. The normalized spacial score (nSPS) is 13.0. The first kappa shape index (κ1) is 8.93. The number of aromatic hydroxyl groups is 1. The summed E-state index contributed by atoms with van der Waals surface area (Å²) < 4.78 is 25.1. The summed E-state index contributed by atoms with van der Waals surface area (Å²) in [7, 11) is 0. The Kier molecular flexibility index (Phi) is 2.28. The molecule has 66 valence electrons. The van der Waals surface area contributed by atoms with Crippen LogP contribution >= 0.6 is 0 Å². The summed E-state index contributed by atoms with van der Waals surface area (Å²) in [5.41, 5.74) is 5.77. The summed E-state index contributed by atoms with van der Waals surface area (Å²) in [6.45, 7) is 1.62. The fraction of sp³-hybridized carbons (Fsp3) is 0.250. The monoisotopic (exact) mass is 173 g/mol. The van der Waals surface area contributed by atoms with Crippen LogP contribution in [0.4, 0.5) is 8.78 Å². The largest absolute Gasteiger partial charge is 0.505 e. The van der Waals surface area contributed by atoms with Crippen LogP contribution in [0, 0.1) is 11.6 Å². The first-order valence-electron chi connectivity index (χ1n) is 3.46. The third-order valence-corrected chi connectivity index (χ3v) is 1.56. The molecule has 4 heteroatoms. The number of nitrogens with two attached hydrogens (primary N) is 1. The SMILES string of the molecule is C[C@H](N)c1cc(O)c(F)c(F)c1. The van der Waals surface area contributed by atoms with E-state index >= 15 is 0 Å². The van der Waals surface area contributed by atoms with Crippen LogP contribution in [0.2, 0.25) is 0 Å². The Morgan fingerprint density at radius 1 is 1.42 bits per heavy atom. The second-order valence-electron chi connectivity index (χ2n) is 2.62. The fourth-order valence-electron chi connectivity index (χ4n) is 0.858. The van der Waals surface area contributed by atoms with Crippen molar-refractivity contribution >= 4 is 0 Å². The molecule has 0 aliphatic heterocycles. The van der Waals surface area contributed by atoms with Gasteiger partial charge in [0.05, 0.1) is 0 Å². The molecule has 1 atom stereocenters. The minimum absolute atomic E-state index is 0.367. The highest BCUT2D eigenvalue weighted by Gasteiger charge is 2.11. The summed E-state index contributed by atoms with van der Waals surface area (Å²) in [4.78, 5) is 0. The highest BCUT2D eigenvalue weighted by atomic mass is 19.2. The van der Waals surface area contributed by atoms with Crippen LogP contribution in [0.25, 0.3) is 0 Å². The van der Waals surface area contributed by atoms with Gasteiger partial charge in [0.2, 0.25) is 0 Å². The molecule has 0 bridgehead atoms. The average molecular weight is 173 g/mol. The van der Waals surface area contributed by atoms with Crippen LogP contribution in [-0.2, 0) is 0 Å². The van der Waals surface area contributed by atoms with Gasteiger partial charge in [-0.1, -0.05) is 0 Å². The third kappa shape index (κ3) is 1.53. The van der Waals surface area contributed by atoms with Crippen LogP contribution in [0.3, 0.4) is 0 Å². The van der Waals surface area contributed by atoms with Crippen molar-refractivity contribution in [1.29, 1.82) is 0 Å². The van der Waals surface area contributed by atoms with E-state index in [-0.39, 0.29) is 0 Å². The summed E-state index contributed by atoms with van der Waals surface area (Å²) >= 11 is 0. The molecule has 1 aromatic carbocycles. The van der Waals surface area contributed by atoms with E-state index in [9.17, 15) is 8.78 Å². The zero-order chi connectivity index (χ0) is 9.30. The molecular formula is C8H9F2NO. The van der Waals surface area contributed by atoms with Gasteiger partial charge in [0.25, 0.3) is 0 Å². The van der Waals surface area contributed by atoms with Gasteiger partial charge in [-0.3, -0.25) is 0 Å². The summed E-state index contributed by atoms with van der Waals surface area (Å²) in [6, 6.07) is 1.66. The number of phenolic OH excluding ortho intramolecular Hbond substituents is 1. The molecule has 1 rings (SSSR count). The standard InChI is InChI=1S/C8H9F2NO/c1-4(11)5-2-6(9)8(10)7(12)3-5/h2-4,12H,11H2,1H3/t4-/m0/s1. The zero-order valence-corrected chi connectivity index (χ0v) is 6.51. The molecule has 0 unspecified atom stereocenters. The maximum absolute atomic E-state index is 12.6. The van der Waals surface area contributed by atoms with Gasteiger partial charge in [0, 0.05) is 6.04 Å². The quantitative estimate of drug-likeness (QED) is 0.678. The lowest BCUT2D eigenvalue weighted by Crippen LogP contribution is -2.05. The maximum Gasteiger partial charge on any atom is 0.200 e. The number of phenols is 1. The van der Waals surface area contributed by atoms with Crippen molar-refractivity contribution in [2.45, 2.75) is 13.0 Å². The lowest BCUT2D eigenvalue weighted by molar-refractivity contribution is 0.405. The van der Waals surface area contributed by atoms with Gasteiger partial charge in [-0.15, -0.1) is 0 Å². The van der Waals surface area contributed by atoms with E-state index in [1.807, 2.05) is 0 Å². The molecule has 0 saturated heterocycles. The van der Waals surface area contributed by atoms with E-state index in [2.05, 4.69) is 0 Å². The molecule has 1 aromatic rings. The fourth-order valence-corrected chi connectivity index (χ4v) is 0.858. The molecule has 0 fully saturated rings. The van der Waals surface area contributed by atoms with Gasteiger partial charge in [0.1, 0.15) is 0 Å². The van der Waals surface area contributed by atoms with Gasteiger partial charge >= 0.3 is 0 Å². The Labute approximate surface area is 68.6 Å². The highest BCUT2D eigenvalue weighted by Crippen LogP contribution is 2.23. The third-order valence-electron chi connectivity index (χ3n) is 1.56. The minimum atomic E-state index is -1.24. The molecule has 0 spiro atoms. The van der Waals surface area contributed by atoms with Crippen LogP contribution in [0.15, 0.2) is 12.1 Å². The Morgan fingerprint density at radius 3 is 2.42 bits per heavy atom. The van der Waals surface area contributed by atoms with Crippen molar-refractivity contribution in [3.8, 4) is 5.75 Å². The molecule has 0 aromatic heterocycles. The molecule has 2 nitrogen and oxygen atoms in total. The van der Waals surface area contributed by atoms with Gasteiger partial charge in [-0.05, 0) is 24.6 Å². The van der Waals surface area contributed by atoms with E-state index in [0.717, 1.165) is 12.1 Å². The number of hydrogen-bond donors (Lipinski definition) is 2. The molecule has 12 heavy (non-hydrogen) atoms. The second-order valence-corrected chi connectivity index (χ2v) is 2.62. The summed E-state index contributed by atoms with van der Waals surface area (Å²) in [6.07, 6.45) is 0. The van der Waals surface area contributed by atoms with Gasteiger partial charge in [-0.2, -0.15) is 4.39 Å². The van der Waals surface area contributed by atoms with Crippen molar-refractivity contribution in [3.63, 3.8) is 0 Å². The summed E-state index contributed by atoms with van der Waals surface area (Å²) in [5, 5.41) is 8.86. The van der Waals surface area contributed by atoms with Crippen molar-refractivity contribution in [3.05, 3.63) is 29.3 Å². The van der Waals surface area contributed by atoms with E-state index in [1.165, 1.54) is 0 Å². The Bertz CT molecular complexity index is 276. The van der Waals surface area contributed by atoms with Crippen LogP contribution < -0.4 is 5.73 Å². The van der Waals surface area contributed by atoms with E-state index in [1.54, 1.807) is 6.92 Å². The van der Waals surface area contributed by atoms with Gasteiger partial charge < -0.3 is 10.8 Å². The highest BCUT2D eigenvalue weighted by molar-refractivity contribution is 5.31. The Hall–Kier alpha value is -1.16. The molecule has 3 N–H and O–H groups in total. The number of halogens is 2. The topological polar surface area (TPSA) is 46.2 Å². The number of benzene rings is 1. The van der Waals surface area contributed by atoms with Crippen molar-refractivity contribution in [1.82, 2.24) is 0 Å². The lowest BCUT2D eigenvalue weighted by atomic mass is 10.1. The molecule has 0 saturated carbocycles. The number of rotatable bonds is 1. The lowest BCUT2D eigenvalue weighted by Gasteiger charge is -2.06. The van der Waals surface area contributed by atoms with Crippen molar-refractivity contribution in [2.24, 2.45) is 5.73 Å². The Balaban J connectivity index is 3.21. The predicted molar refractivity (Wildman–Crippen MR) is 40.6 cm³/mol. The van der Waals surface area contributed by atoms with Crippen molar-refractivity contribution < 1.29 is 13.9 Å². The second kappa shape index (κ2) is 3.06. The minimum Gasteiger partial charge on any atom is -0.505 e. The smallest absolute Gasteiger partial charge is 0.200 e. The zero-order valence-electron chi connectivity index (χ0n) is 6.51.